The summed E-state index contributed by atoms with van der Waals surface area (Å²) in [7, 11) is -2.35. The first-order chi connectivity index (χ1) is 20.2. The van der Waals surface area contributed by atoms with E-state index in [2.05, 4.69) is 27.3 Å². The molecule has 2 aliphatic heterocycles. The summed E-state index contributed by atoms with van der Waals surface area (Å²) in [4.78, 5) is 30.4. The van der Waals surface area contributed by atoms with Gasteiger partial charge in [0.05, 0.1) is 0 Å². The zero-order valence-corrected chi connectivity index (χ0v) is 27.5. The third-order valence-electron chi connectivity index (χ3n) is 7.73. The summed E-state index contributed by atoms with van der Waals surface area (Å²) in [5, 5.41) is 7.14. The minimum absolute atomic E-state index is 0.0373. The number of hydrogen-bond acceptors (Lipinski definition) is 8. The first-order valence-corrected chi connectivity index (χ1v) is 16.3. The van der Waals surface area contributed by atoms with Gasteiger partial charge in [-0.1, -0.05) is 0 Å². The molecule has 1 N–H and O–H groups in total. The van der Waals surface area contributed by atoms with Crippen LogP contribution in [0.5, 0.6) is 0 Å². The van der Waals surface area contributed by atoms with Crippen molar-refractivity contribution in [2.24, 2.45) is 0 Å². The molecule has 3 heterocycles. The standard InChI is InChI=1S/C28H33AsF2N6O5S/c1-5-42-27(39)37-25(32-26(38)21-7-6-19(15-23(21)29)35-10-8-34(4)9-11-35)22-16-36(28(2,3)24(22)33-37)43(40,41)20-13-17(30)12-18(31)14-20/h6-7,12-15H,5,8-11,16,29H2,1-4H3,(H,32,38). The van der Waals surface area contributed by atoms with Crippen LogP contribution < -0.4 is 14.6 Å². The molecule has 11 nitrogen and oxygen atoms in total. The van der Waals surface area contributed by atoms with Crippen LogP contribution in [0.4, 0.5) is 25.1 Å². The third kappa shape index (κ3) is 5.80. The Hall–Kier alpha value is -3.32. The molecule has 0 radical (unpaired) electrons. The molecule has 0 aliphatic carbocycles. The van der Waals surface area contributed by atoms with E-state index in [-0.39, 0.29) is 30.2 Å². The van der Waals surface area contributed by atoms with Crippen molar-refractivity contribution in [2.45, 2.75) is 37.8 Å². The number of amides is 1. The van der Waals surface area contributed by atoms with Crippen LogP contribution in [-0.4, -0.2) is 96.1 Å². The number of benzene rings is 2. The SMILES string of the molecule is CCOC(=O)n1nc2c(c1NC(=O)c1ccc(N3CCN(C)CC3)cc1[AsH2])CN(S(=O)(=O)c1cc(F)cc(F)c1)C2(C)C. The minimum atomic E-state index is -4.43. The van der Waals surface area contributed by atoms with Gasteiger partial charge < -0.3 is 0 Å². The number of nitrogens with zero attached hydrogens (tertiary/aromatic N) is 5. The summed E-state index contributed by atoms with van der Waals surface area (Å²) < 4.78 is 63.0. The van der Waals surface area contributed by atoms with Crippen LogP contribution in [-0.2, 0) is 26.8 Å². The average Bonchev–Trinajstić information content (AvgIpc) is 3.43. The molecule has 5 rings (SSSR count). The molecule has 15 heteroatoms. The molecule has 1 aromatic heterocycles. The number of rotatable bonds is 6. The Bertz CT molecular complexity index is 1690. The quantitative estimate of drug-likeness (QED) is 0.393. The molecule has 0 spiro atoms. The molecule has 0 bridgehead atoms. The van der Waals surface area contributed by atoms with Crippen molar-refractivity contribution in [3.63, 3.8) is 0 Å². The molecule has 0 saturated carbocycles. The number of nitrogens with one attached hydrogen (secondary N) is 1. The average molecular weight is 679 g/mol. The molecule has 1 unspecified atom stereocenters. The molecule has 43 heavy (non-hydrogen) atoms. The monoisotopic (exact) mass is 678 g/mol. The van der Waals surface area contributed by atoms with Crippen molar-refractivity contribution in [2.75, 3.05) is 50.1 Å². The maximum absolute atomic E-state index is 14.0. The van der Waals surface area contributed by atoms with Gasteiger partial charge in [0.2, 0.25) is 0 Å². The van der Waals surface area contributed by atoms with Crippen LogP contribution in [0.3, 0.4) is 0 Å². The van der Waals surface area contributed by atoms with Gasteiger partial charge in [-0.25, -0.2) is 8.78 Å². The van der Waals surface area contributed by atoms with Gasteiger partial charge in [0.15, 0.2) is 0 Å². The Morgan fingerprint density at radius 1 is 1.07 bits per heavy atom. The van der Waals surface area contributed by atoms with Gasteiger partial charge in [0.25, 0.3) is 0 Å². The summed E-state index contributed by atoms with van der Waals surface area (Å²) in [5.41, 5.74) is 0.516. The van der Waals surface area contributed by atoms with Gasteiger partial charge >= 0.3 is 243 Å². The zero-order valence-electron chi connectivity index (χ0n) is 24.2. The summed E-state index contributed by atoms with van der Waals surface area (Å²) in [6.07, 6.45) is -0.851. The molecule has 1 atom stereocenters. The van der Waals surface area contributed by atoms with Crippen LogP contribution in [0.1, 0.15) is 42.4 Å². The normalized spacial score (nSPS) is 17.1. The molecular weight excluding hydrogens is 645 g/mol. The number of anilines is 2. The summed E-state index contributed by atoms with van der Waals surface area (Å²) >= 11 is 1.26. The van der Waals surface area contributed by atoms with E-state index < -0.39 is 44.1 Å². The number of likely N-dealkylation sites (N-methyl/N-ethyl adjacent to an activating group) is 1. The third-order valence-corrected chi connectivity index (χ3v) is 10.7. The fourth-order valence-corrected chi connectivity index (χ4v) is 7.98. The number of piperazine rings is 1. The second-order valence-corrected chi connectivity index (χ2v) is 14.1. The van der Waals surface area contributed by atoms with Gasteiger partial charge in [-0.2, -0.15) is 0 Å². The van der Waals surface area contributed by atoms with Crippen LogP contribution in [0.15, 0.2) is 41.3 Å². The van der Waals surface area contributed by atoms with E-state index in [1.807, 2.05) is 12.1 Å². The second-order valence-electron chi connectivity index (χ2n) is 11.0. The summed E-state index contributed by atoms with van der Waals surface area (Å²) in [6.45, 7) is 8.09. The van der Waals surface area contributed by atoms with Crippen molar-refractivity contribution in [1.29, 1.82) is 0 Å². The van der Waals surface area contributed by atoms with E-state index >= 15 is 0 Å². The van der Waals surface area contributed by atoms with Crippen molar-refractivity contribution in [1.82, 2.24) is 19.0 Å². The molecule has 3 aromatic rings. The molecule has 230 valence electrons. The van der Waals surface area contributed by atoms with E-state index in [1.165, 1.54) is 16.9 Å². The van der Waals surface area contributed by atoms with Crippen molar-refractivity contribution in [3.8, 4) is 0 Å². The van der Waals surface area contributed by atoms with Gasteiger partial charge in [0.1, 0.15) is 0 Å². The first kappa shape index (κ1) is 31.1. The molecule has 2 aliphatic rings. The number of carbonyl (C=O) groups excluding carboxylic acids is 2. The van der Waals surface area contributed by atoms with Gasteiger partial charge in [-0.3, -0.25) is 0 Å². The molecule has 1 saturated heterocycles. The van der Waals surface area contributed by atoms with Crippen molar-refractivity contribution < 1.29 is 31.5 Å². The van der Waals surface area contributed by atoms with Gasteiger partial charge in [0, 0.05) is 6.07 Å². The fraction of sp³-hybridized carbons (Fsp3) is 0.393. The maximum atomic E-state index is 14.0. The fourth-order valence-electron chi connectivity index (χ4n) is 5.38. The Balaban J connectivity index is 1.49. The van der Waals surface area contributed by atoms with Crippen LogP contribution >= 0.6 is 0 Å². The number of carbonyl (C=O) groups is 2. The van der Waals surface area contributed by atoms with E-state index in [9.17, 15) is 26.8 Å². The van der Waals surface area contributed by atoms with Gasteiger partial charge in [-0.05, 0) is 0 Å². The summed E-state index contributed by atoms with van der Waals surface area (Å²) in [5.74, 6) is -2.62. The number of fused-ring (bicyclic) bond motifs is 1. The van der Waals surface area contributed by atoms with Gasteiger partial charge in [-0.15, -0.1) is 0 Å². The predicted molar refractivity (Wildman–Crippen MR) is 159 cm³/mol. The van der Waals surface area contributed by atoms with Crippen LogP contribution in [0, 0.1) is 11.6 Å². The molecule has 2 aromatic carbocycles. The Morgan fingerprint density at radius 2 is 1.72 bits per heavy atom. The number of sulfonamides is 1. The molecule has 1 fully saturated rings. The number of aromatic nitrogens is 2. The van der Waals surface area contributed by atoms with E-state index in [1.54, 1.807) is 26.8 Å². The predicted octanol–water partition coefficient (Wildman–Crippen LogP) is 1.87. The van der Waals surface area contributed by atoms with E-state index in [4.69, 9.17) is 4.74 Å². The number of hydrogen-bond donors (Lipinski definition) is 1. The van der Waals surface area contributed by atoms with Crippen molar-refractivity contribution >= 4 is 54.7 Å². The van der Waals surface area contributed by atoms with Crippen molar-refractivity contribution in [3.05, 3.63) is 64.9 Å². The Morgan fingerprint density at radius 3 is 2.33 bits per heavy atom. The van der Waals surface area contributed by atoms with E-state index in [0.29, 0.717) is 11.6 Å². The molecular formula is C28H33AsF2N6O5S. The number of halogens is 2. The van der Waals surface area contributed by atoms with Crippen LogP contribution in [0.25, 0.3) is 0 Å². The zero-order chi connectivity index (χ0) is 31.3. The number of ether oxygens (including phenoxy) is 1. The topological polar surface area (TPSA) is 117 Å². The Kier molecular flexibility index (Phi) is 8.42. The van der Waals surface area contributed by atoms with Crippen LogP contribution in [0.2, 0.25) is 0 Å². The Labute approximate surface area is 257 Å². The van der Waals surface area contributed by atoms with E-state index in [0.717, 1.165) is 57.3 Å². The second kappa shape index (κ2) is 11.6. The first-order valence-electron chi connectivity index (χ1n) is 13.7. The molecule has 1 amide bonds. The summed E-state index contributed by atoms with van der Waals surface area (Å²) in [6, 6.07) is 7.63.